The summed E-state index contributed by atoms with van der Waals surface area (Å²) in [6.45, 7) is 7.23. The summed E-state index contributed by atoms with van der Waals surface area (Å²) in [4.78, 5) is 31.3. The number of aryl methyl sites for hydroxylation is 1. The monoisotopic (exact) mass is 488 g/mol. The molecule has 186 valence electrons. The number of hydrogen-bond acceptors (Lipinski definition) is 6. The van der Waals surface area contributed by atoms with Crippen molar-refractivity contribution in [2.45, 2.75) is 52.1 Å². The van der Waals surface area contributed by atoms with Crippen LogP contribution in [0.3, 0.4) is 0 Å². The SMILES string of the molecule is COCCNC(=O)[C@@H](C)[C@@H]1CC[C@]2(C)Cc3sc(NC(=O)c4cccn4C)nc3[C@@H](C)[C@@H]2[C@H]1O. The van der Waals surface area contributed by atoms with Crippen LogP contribution >= 0.6 is 11.3 Å². The maximum absolute atomic E-state index is 12.7. The molecule has 1 fully saturated rings. The first-order valence-corrected chi connectivity index (χ1v) is 12.8. The molecule has 2 heterocycles. The van der Waals surface area contributed by atoms with E-state index < -0.39 is 6.10 Å². The van der Waals surface area contributed by atoms with E-state index in [1.807, 2.05) is 26.2 Å². The number of anilines is 1. The zero-order valence-corrected chi connectivity index (χ0v) is 21.4. The summed E-state index contributed by atoms with van der Waals surface area (Å²) in [5, 5.41) is 18.0. The molecular weight excluding hydrogens is 452 g/mol. The van der Waals surface area contributed by atoms with E-state index in [1.165, 1.54) is 16.2 Å². The Kier molecular flexibility index (Phi) is 7.17. The van der Waals surface area contributed by atoms with E-state index in [2.05, 4.69) is 24.5 Å². The van der Waals surface area contributed by atoms with Gasteiger partial charge in [-0.25, -0.2) is 4.98 Å². The molecule has 3 N–H and O–H groups in total. The smallest absolute Gasteiger partial charge is 0.274 e. The molecule has 0 radical (unpaired) electrons. The number of hydrogen-bond donors (Lipinski definition) is 3. The van der Waals surface area contributed by atoms with Crippen LogP contribution in [0.4, 0.5) is 5.13 Å². The van der Waals surface area contributed by atoms with Gasteiger partial charge in [-0.15, -0.1) is 11.3 Å². The first kappa shape index (κ1) is 24.9. The van der Waals surface area contributed by atoms with Crippen LogP contribution in [-0.2, 0) is 23.0 Å². The molecule has 0 spiro atoms. The highest BCUT2D eigenvalue weighted by atomic mass is 32.1. The Hall–Kier alpha value is -2.23. The molecule has 34 heavy (non-hydrogen) atoms. The highest BCUT2D eigenvalue weighted by molar-refractivity contribution is 7.15. The second-order valence-corrected chi connectivity index (χ2v) is 11.3. The van der Waals surface area contributed by atoms with Crippen molar-refractivity contribution in [3.05, 3.63) is 34.6 Å². The summed E-state index contributed by atoms with van der Waals surface area (Å²) >= 11 is 1.54. The van der Waals surface area contributed by atoms with Gasteiger partial charge in [-0.2, -0.15) is 0 Å². The molecule has 2 aromatic rings. The van der Waals surface area contributed by atoms with Crippen molar-refractivity contribution in [2.24, 2.45) is 30.2 Å². The standard InChI is InChI=1S/C25H36N4O4S/c1-14(22(31)26-10-12-33-5)16-8-9-25(3)13-18-20(15(2)19(25)21(16)30)27-24(34-18)28-23(32)17-7-6-11-29(17)4/h6-7,11,14-16,19,21,30H,8-10,12-13H2,1-5H3,(H,26,31)(H,27,28,32)/t14-,15-,16-,19+,21-,25+/m0/s1. The topological polar surface area (TPSA) is 105 Å². The predicted molar refractivity (Wildman–Crippen MR) is 132 cm³/mol. The van der Waals surface area contributed by atoms with Crippen LogP contribution in [0, 0.1) is 23.2 Å². The lowest BCUT2D eigenvalue weighted by atomic mass is 9.53. The van der Waals surface area contributed by atoms with E-state index in [0.29, 0.717) is 24.0 Å². The number of carbonyl (C=O) groups is 2. The number of fused-ring (bicyclic) bond motifs is 2. The number of nitrogens with one attached hydrogen (secondary N) is 2. The minimum Gasteiger partial charge on any atom is -0.392 e. The van der Waals surface area contributed by atoms with Crippen molar-refractivity contribution in [3.63, 3.8) is 0 Å². The fourth-order valence-corrected chi connectivity index (χ4v) is 7.35. The zero-order valence-electron chi connectivity index (χ0n) is 20.6. The first-order chi connectivity index (χ1) is 16.2. The molecule has 0 unspecified atom stereocenters. The molecule has 4 rings (SSSR count). The second-order valence-electron chi connectivity index (χ2n) is 10.2. The number of aromatic nitrogens is 2. The molecule has 0 aromatic carbocycles. The molecule has 1 saturated carbocycles. The Balaban J connectivity index is 1.51. The predicted octanol–water partition coefficient (Wildman–Crippen LogP) is 3.19. The van der Waals surface area contributed by atoms with Crippen molar-refractivity contribution < 1.29 is 19.4 Å². The quantitative estimate of drug-likeness (QED) is 0.519. The number of aliphatic hydroxyl groups is 1. The Morgan fingerprint density at radius 2 is 2.21 bits per heavy atom. The molecule has 8 nitrogen and oxygen atoms in total. The van der Waals surface area contributed by atoms with Gasteiger partial charge in [-0.3, -0.25) is 14.9 Å². The van der Waals surface area contributed by atoms with Crippen molar-refractivity contribution in [1.29, 1.82) is 0 Å². The summed E-state index contributed by atoms with van der Waals surface area (Å²) in [5.41, 5.74) is 1.48. The highest BCUT2D eigenvalue weighted by Gasteiger charge is 2.53. The van der Waals surface area contributed by atoms with Gasteiger partial charge in [0.25, 0.3) is 5.91 Å². The van der Waals surface area contributed by atoms with Crippen LogP contribution in [0.25, 0.3) is 0 Å². The highest BCUT2D eigenvalue weighted by Crippen LogP contribution is 2.57. The third-order valence-corrected chi connectivity index (χ3v) is 8.97. The van der Waals surface area contributed by atoms with Crippen LogP contribution in [0.1, 0.15) is 60.6 Å². The number of aliphatic hydroxyl groups excluding tert-OH is 1. The van der Waals surface area contributed by atoms with E-state index >= 15 is 0 Å². The average Bonchev–Trinajstić information content (AvgIpc) is 3.39. The van der Waals surface area contributed by atoms with Crippen molar-refractivity contribution in [1.82, 2.24) is 14.9 Å². The van der Waals surface area contributed by atoms with Crippen molar-refractivity contribution in [2.75, 3.05) is 25.6 Å². The third-order valence-electron chi connectivity index (χ3n) is 7.98. The van der Waals surface area contributed by atoms with Crippen LogP contribution in [0.2, 0.25) is 0 Å². The Labute approximate surface area is 205 Å². The van der Waals surface area contributed by atoms with Crippen LogP contribution in [0.5, 0.6) is 0 Å². The summed E-state index contributed by atoms with van der Waals surface area (Å²) in [5.74, 6) is -0.546. The Morgan fingerprint density at radius 3 is 2.88 bits per heavy atom. The number of nitrogens with zero attached hydrogens (tertiary/aromatic N) is 2. The molecule has 6 atom stereocenters. The number of carbonyl (C=O) groups excluding carboxylic acids is 2. The molecule has 2 amide bonds. The summed E-state index contributed by atoms with van der Waals surface area (Å²) < 4.78 is 6.81. The van der Waals surface area contributed by atoms with Crippen LogP contribution in [0.15, 0.2) is 18.3 Å². The van der Waals surface area contributed by atoms with Gasteiger partial charge in [0, 0.05) is 43.6 Å². The minimum atomic E-state index is -0.590. The molecule has 0 bridgehead atoms. The van der Waals surface area contributed by atoms with Gasteiger partial charge < -0.3 is 19.7 Å². The van der Waals surface area contributed by atoms with Crippen molar-refractivity contribution >= 4 is 28.3 Å². The number of ether oxygens (including phenoxy) is 1. The fraction of sp³-hybridized carbons (Fsp3) is 0.640. The van der Waals surface area contributed by atoms with E-state index in [9.17, 15) is 14.7 Å². The lowest BCUT2D eigenvalue weighted by Crippen LogP contribution is -2.53. The summed E-state index contributed by atoms with van der Waals surface area (Å²) in [6.07, 6.45) is 3.83. The lowest BCUT2D eigenvalue weighted by molar-refractivity contribution is -0.135. The van der Waals surface area contributed by atoms with Gasteiger partial charge in [0.05, 0.1) is 18.4 Å². The van der Waals surface area contributed by atoms with Gasteiger partial charge in [0.15, 0.2) is 5.13 Å². The zero-order chi connectivity index (χ0) is 24.6. The van der Waals surface area contributed by atoms with E-state index in [0.717, 1.165) is 25.0 Å². The Morgan fingerprint density at radius 1 is 1.44 bits per heavy atom. The third kappa shape index (κ3) is 4.53. The molecule has 0 saturated heterocycles. The normalized spacial score (nSPS) is 29.1. The Bertz CT molecular complexity index is 1050. The molecular formula is C25H36N4O4S. The molecule has 0 aliphatic heterocycles. The number of methoxy groups -OCH3 is 1. The molecule has 2 aliphatic carbocycles. The van der Waals surface area contributed by atoms with Crippen molar-refractivity contribution in [3.8, 4) is 0 Å². The lowest BCUT2D eigenvalue weighted by Gasteiger charge is -2.53. The molecule has 2 aromatic heterocycles. The number of thiazole rings is 1. The van der Waals surface area contributed by atoms with Gasteiger partial charge in [0.1, 0.15) is 5.69 Å². The fourth-order valence-electron chi connectivity index (χ4n) is 6.09. The van der Waals surface area contributed by atoms with Gasteiger partial charge >= 0.3 is 0 Å². The molecule has 9 heteroatoms. The maximum atomic E-state index is 12.7. The van der Waals surface area contributed by atoms with Gasteiger partial charge in [-0.05, 0) is 48.6 Å². The largest absolute Gasteiger partial charge is 0.392 e. The maximum Gasteiger partial charge on any atom is 0.274 e. The molecule has 2 aliphatic rings. The summed E-state index contributed by atoms with van der Waals surface area (Å²) in [7, 11) is 3.45. The van der Waals surface area contributed by atoms with Gasteiger partial charge in [-0.1, -0.05) is 20.8 Å². The van der Waals surface area contributed by atoms with E-state index in [-0.39, 0.29) is 40.9 Å². The second kappa shape index (κ2) is 9.79. The van der Waals surface area contributed by atoms with E-state index in [1.54, 1.807) is 17.7 Å². The number of amides is 2. The van der Waals surface area contributed by atoms with Crippen LogP contribution in [-0.4, -0.2) is 52.8 Å². The number of rotatable bonds is 7. The van der Waals surface area contributed by atoms with Crippen LogP contribution < -0.4 is 10.6 Å². The average molecular weight is 489 g/mol. The van der Waals surface area contributed by atoms with Gasteiger partial charge in [0.2, 0.25) is 5.91 Å². The minimum absolute atomic E-state index is 0.00602. The summed E-state index contributed by atoms with van der Waals surface area (Å²) in [6, 6.07) is 3.62. The first-order valence-electron chi connectivity index (χ1n) is 12.0. The van der Waals surface area contributed by atoms with E-state index in [4.69, 9.17) is 9.72 Å².